The van der Waals surface area contributed by atoms with Gasteiger partial charge in [-0.25, -0.2) is 4.79 Å². The lowest BCUT2D eigenvalue weighted by molar-refractivity contribution is -0.132. The number of methoxy groups -OCH3 is 1. The number of esters is 1. The van der Waals surface area contributed by atoms with Crippen LogP contribution in [-0.2, 0) is 14.3 Å². The molecule has 1 aliphatic rings. The molecule has 1 saturated heterocycles. The first-order chi connectivity index (χ1) is 17.6. The van der Waals surface area contributed by atoms with Crippen molar-refractivity contribution in [1.29, 1.82) is 0 Å². The Morgan fingerprint density at radius 3 is 2.32 bits per heavy atom. The highest BCUT2D eigenvalue weighted by molar-refractivity contribution is 6.51. The number of nitrogens with zero attached hydrogens (tertiary/aromatic N) is 1. The minimum absolute atomic E-state index is 0.0605. The van der Waals surface area contributed by atoms with Crippen LogP contribution < -0.4 is 9.64 Å². The molecule has 1 unspecified atom stereocenters. The number of aryl methyl sites for hydroxylation is 2. The van der Waals surface area contributed by atoms with E-state index in [-0.39, 0.29) is 23.0 Å². The van der Waals surface area contributed by atoms with Crippen LogP contribution in [0.2, 0.25) is 0 Å². The van der Waals surface area contributed by atoms with E-state index in [0.717, 1.165) is 11.1 Å². The molecule has 4 rings (SSSR count). The van der Waals surface area contributed by atoms with Crippen molar-refractivity contribution in [1.82, 2.24) is 0 Å². The third-order valence-corrected chi connectivity index (χ3v) is 6.14. The van der Waals surface area contributed by atoms with Crippen molar-refractivity contribution in [2.24, 2.45) is 0 Å². The molecule has 7 nitrogen and oxygen atoms in total. The van der Waals surface area contributed by atoms with Gasteiger partial charge in [0.2, 0.25) is 0 Å². The summed E-state index contributed by atoms with van der Waals surface area (Å²) in [4.78, 5) is 40.8. The Bertz CT molecular complexity index is 1410. The topological polar surface area (TPSA) is 93.1 Å². The Morgan fingerprint density at radius 2 is 1.68 bits per heavy atom. The highest BCUT2D eigenvalue weighted by Crippen LogP contribution is 2.44. The average Bonchev–Trinajstić information content (AvgIpc) is 3.13. The van der Waals surface area contributed by atoms with E-state index in [0.29, 0.717) is 22.6 Å². The second-order valence-electron chi connectivity index (χ2n) is 9.25. The van der Waals surface area contributed by atoms with Gasteiger partial charge in [0.05, 0.1) is 36.0 Å². The van der Waals surface area contributed by atoms with Gasteiger partial charge in [-0.2, -0.15) is 0 Å². The molecule has 0 bridgehead atoms. The average molecular weight is 500 g/mol. The van der Waals surface area contributed by atoms with Gasteiger partial charge < -0.3 is 14.6 Å². The number of benzene rings is 3. The number of ketones is 1. The molecule has 1 heterocycles. The predicted octanol–water partition coefficient (Wildman–Crippen LogP) is 5.50. The van der Waals surface area contributed by atoms with Crippen LogP contribution in [0.5, 0.6) is 5.75 Å². The van der Waals surface area contributed by atoms with E-state index in [9.17, 15) is 19.5 Å². The minimum atomic E-state index is -0.928. The Hall–Kier alpha value is -4.39. The van der Waals surface area contributed by atoms with Crippen molar-refractivity contribution >= 4 is 29.1 Å². The number of Topliss-reactive ketones (excluding diaryl/α,β-unsaturated/α-hetero) is 1. The van der Waals surface area contributed by atoms with Crippen molar-refractivity contribution in [3.8, 4) is 5.75 Å². The number of amides is 1. The minimum Gasteiger partial charge on any atom is -0.507 e. The second kappa shape index (κ2) is 10.3. The van der Waals surface area contributed by atoms with Crippen LogP contribution in [0.15, 0.2) is 72.3 Å². The standard InChI is InChI=1S/C30H29NO6/c1-17(2)37-30(35)21-12-9-13-22(16-21)31-25(20-10-7-6-8-11-20)24(27(33)29(31)34)26(32)23-15-18(3)14-19(4)28(23)36-5/h6-17,25,32H,1-5H3/b26-24+. The Morgan fingerprint density at radius 1 is 0.973 bits per heavy atom. The maximum atomic E-state index is 13.5. The highest BCUT2D eigenvalue weighted by atomic mass is 16.5. The third-order valence-electron chi connectivity index (χ3n) is 6.14. The molecule has 1 fully saturated rings. The second-order valence-corrected chi connectivity index (χ2v) is 9.25. The molecule has 3 aromatic rings. The predicted molar refractivity (Wildman–Crippen MR) is 141 cm³/mol. The smallest absolute Gasteiger partial charge is 0.338 e. The maximum Gasteiger partial charge on any atom is 0.338 e. The Kier molecular flexibility index (Phi) is 7.16. The molecule has 1 amide bonds. The van der Waals surface area contributed by atoms with E-state index >= 15 is 0 Å². The summed E-state index contributed by atoms with van der Waals surface area (Å²) >= 11 is 0. The van der Waals surface area contributed by atoms with Crippen molar-refractivity contribution in [3.05, 3.63) is 100 Å². The lowest BCUT2D eigenvalue weighted by Crippen LogP contribution is -2.29. The number of aliphatic hydroxyl groups excluding tert-OH is 1. The number of carbonyl (C=O) groups excluding carboxylic acids is 3. The SMILES string of the molecule is COc1c(C)cc(C)cc1/C(O)=C1\C(=O)C(=O)N(c2cccc(C(=O)OC(C)C)c2)C1c1ccccc1. The number of carbonyl (C=O) groups is 3. The van der Waals surface area contributed by atoms with E-state index < -0.39 is 23.7 Å². The summed E-state index contributed by atoms with van der Waals surface area (Å²) in [6.07, 6.45) is -0.317. The van der Waals surface area contributed by atoms with E-state index in [1.165, 1.54) is 18.1 Å². The molecule has 0 aliphatic carbocycles. The molecule has 1 aliphatic heterocycles. The summed E-state index contributed by atoms with van der Waals surface area (Å²) < 4.78 is 10.9. The van der Waals surface area contributed by atoms with E-state index in [4.69, 9.17) is 9.47 Å². The first kappa shape index (κ1) is 25.7. The normalized spacial score (nSPS) is 16.8. The quantitative estimate of drug-likeness (QED) is 0.208. The number of anilines is 1. The molecular weight excluding hydrogens is 470 g/mol. The van der Waals surface area contributed by atoms with Gasteiger partial charge in [-0.1, -0.05) is 42.5 Å². The maximum absolute atomic E-state index is 13.5. The van der Waals surface area contributed by atoms with Crippen molar-refractivity contribution in [2.75, 3.05) is 12.0 Å². The van der Waals surface area contributed by atoms with Gasteiger partial charge in [0, 0.05) is 5.69 Å². The van der Waals surface area contributed by atoms with E-state index in [2.05, 4.69) is 0 Å². The van der Waals surface area contributed by atoms with Crippen LogP contribution in [0, 0.1) is 13.8 Å². The summed E-state index contributed by atoms with van der Waals surface area (Å²) in [5.41, 5.74) is 3.12. The summed E-state index contributed by atoms with van der Waals surface area (Å²) in [6.45, 7) is 7.21. The fourth-order valence-corrected chi connectivity index (χ4v) is 4.66. The van der Waals surface area contributed by atoms with Crippen molar-refractivity contribution in [2.45, 2.75) is 39.8 Å². The summed E-state index contributed by atoms with van der Waals surface area (Å²) in [7, 11) is 1.49. The van der Waals surface area contributed by atoms with Gasteiger partial charge in [-0.05, 0) is 68.7 Å². The molecule has 190 valence electrons. The summed E-state index contributed by atoms with van der Waals surface area (Å²) in [5.74, 6) is -2.09. The van der Waals surface area contributed by atoms with Gasteiger partial charge in [0.1, 0.15) is 11.5 Å². The van der Waals surface area contributed by atoms with Crippen LogP contribution in [0.3, 0.4) is 0 Å². The first-order valence-corrected chi connectivity index (χ1v) is 12.0. The number of hydrogen-bond acceptors (Lipinski definition) is 6. The summed E-state index contributed by atoms with van der Waals surface area (Å²) in [6, 6.07) is 18.1. The fourth-order valence-electron chi connectivity index (χ4n) is 4.66. The van der Waals surface area contributed by atoms with Gasteiger partial charge >= 0.3 is 5.97 Å². The number of hydrogen-bond donors (Lipinski definition) is 1. The lowest BCUT2D eigenvalue weighted by Gasteiger charge is -2.26. The van der Waals surface area contributed by atoms with Crippen LogP contribution in [0.4, 0.5) is 5.69 Å². The summed E-state index contributed by atoms with van der Waals surface area (Å²) in [5, 5.41) is 11.5. The van der Waals surface area contributed by atoms with Gasteiger partial charge in [0.25, 0.3) is 11.7 Å². The Labute approximate surface area is 215 Å². The van der Waals surface area contributed by atoms with Crippen LogP contribution in [0.25, 0.3) is 5.76 Å². The molecule has 0 aromatic heterocycles. The number of ether oxygens (including phenoxy) is 2. The third kappa shape index (κ3) is 4.85. The number of rotatable bonds is 6. The van der Waals surface area contributed by atoms with Gasteiger partial charge in [0.15, 0.2) is 0 Å². The number of aliphatic hydroxyl groups is 1. The molecule has 1 N–H and O–H groups in total. The monoisotopic (exact) mass is 499 g/mol. The molecular formula is C30H29NO6. The Balaban J connectivity index is 1.94. The van der Waals surface area contributed by atoms with Crippen LogP contribution >= 0.6 is 0 Å². The van der Waals surface area contributed by atoms with E-state index in [1.807, 2.05) is 26.0 Å². The highest BCUT2D eigenvalue weighted by Gasteiger charge is 2.47. The van der Waals surface area contributed by atoms with Crippen LogP contribution in [-0.4, -0.2) is 36.0 Å². The van der Waals surface area contributed by atoms with Gasteiger partial charge in [-0.3, -0.25) is 14.5 Å². The van der Waals surface area contributed by atoms with E-state index in [1.54, 1.807) is 62.4 Å². The first-order valence-electron chi connectivity index (χ1n) is 12.0. The molecule has 1 atom stereocenters. The fraction of sp³-hybridized carbons (Fsp3) is 0.233. The van der Waals surface area contributed by atoms with Gasteiger partial charge in [-0.15, -0.1) is 0 Å². The zero-order valence-corrected chi connectivity index (χ0v) is 21.4. The molecule has 7 heteroatoms. The largest absolute Gasteiger partial charge is 0.507 e. The molecule has 37 heavy (non-hydrogen) atoms. The molecule has 0 saturated carbocycles. The molecule has 0 radical (unpaired) electrons. The van der Waals surface area contributed by atoms with Crippen molar-refractivity contribution in [3.63, 3.8) is 0 Å². The zero-order valence-electron chi connectivity index (χ0n) is 21.4. The lowest BCUT2D eigenvalue weighted by atomic mass is 9.93. The van der Waals surface area contributed by atoms with Crippen LogP contribution in [0.1, 0.15) is 52.5 Å². The van der Waals surface area contributed by atoms with Crippen molar-refractivity contribution < 1.29 is 29.0 Å². The molecule has 3 aromatic carbocycles. The zero-order chi connectivity index (χ0) is 26.9. The molecule has 0 spiro atoms.